The van der Waals surface area contributed by atoms with Crippen LogP contribution < -0.4 is 0 Å². The molecule has 0 spiro atoms. The van der Waals surface area contributed by atoms with Gasteiger partial charge < -0.3 is 14.2 Å². The lowest BCUT2D eigenvalue weighted by Crippen LogP contribution is -2.35. The summed E-state index contributed by atoms with van der Waals surface area (Å²) in [4.78, 5) is 34.9. The average molecular weight is 336 g/mol. The van der Waals surface area contributed by atoms with Crippen LogP contribution in [0.1, 0.15) is 46.5 Å². The van der Waals surface area contributed by atoms with Crippen molar-refractivity contribution in [1.82, 2.24) is 0 Å². The summed E-state index contributed by atoms with van der Waals surface area (Å²) in [5.74, 6) is -1.10. The lowest BCUT2D eigenvalue weighted by atomic mass is 9.88. The van der Waals surface area contributed by atoms with Crippen molar-refractivity contribution in [2.24, 2.45) is 0 Å². The van der Waals surface area contributed by atoms with E-state index in [-0.39, 0.29) is 12.4 Å². The molecule has 0 amide bonds. The molecule has 1 heterocycles. The third-order valence-electron chi connectivity index (χ3n) is 4.02. The highest BCUT2D eigenvalue weighted by Gasteiger charge is 2.57. The lowest BCUT2D eigenvalue weighted by molar-refractivity contribution is -0.146. The molecule has 0 aromatic carbocycles. The molecule has 0 aromatic rings. The van der Waals surface area contributed by atoms with Crippen LogP contribution in [0.4, 0.5) is 0 Å². The smallest absolute Gasteiger partial charge is 0.303 e. The number of esters is 2. The van der Waals surface area contributed by atoms with E-state index in [0.717, 1.165) is 25.7 Å². The van der Waals surface area contributed by atoms with Crippen molar-refractivity contribution >= 4 is 17.7 Å². The number of carbonyl (C=O) groups is 3. The van der Waals surface area contributed by atoms with Crippen LogP contribution >= 0.6 is 0 Å². The maximum atomic E-state index is 12.4. The van der Waals surface area contributed by atoms with Crippen molar-refractivity contribution in [3.05, 3.63) is 23.3 Å². The fourth-order valence-corrected chi connectivity index (χ4v) is 2.78. The van der Waals surface area contributed by atoms with E-state index in [4.69, 9.17) is 14.2 Å². The fourth-order valence-electron chi connectivity index (χ4n) is 2.78. The number of Topliss-reactive ketones (excluding diaryl/α,β-unsaturated/α-hetero) is 1. The molecule has 6 nitrogen and oxygen atoms in total. The van der Waals surface area contributed by atoms with Gasteiger partial charge in [-0.1, -0.05) is 31.9 Å². The number of hydrogen-bond acceptors (Lipinski definition) is 6. The first-order chi connectivity index (χ1) is 11.5. The molecule has 0 unspecified atom stereocenters. The quantitative estimate of drug-likeness (QED) is 0.384. The maximum absolute atomic E-state index is 12.4. The van der Waals surface area contributed by atoms with E-state index in [1.54, 1.807) is 6.08 Å². The van der Waals surface area contributed by atoms with Crippen LogP contribution in [0.5, 0.6) is 0 Å². The second-order valence-electron chi connectivity index (χ2n) is 6.03. The molecule has 24 heavy (non-hydrogen) atoms. The lowest BCUT2D eigenvalue weighted by Gasteiger charge is -2.23. The second-order valence-corrected chi connectivity index (χ2v) is 6.03. The summed E-state index contributed by atoms with van der Waals surface area (Å²) in [5.41, 5.74) is 0.925. The molecule has 0 bridgehead atoms. The number of carbonyl (C=O) groups excluding carboxylic acids is 3. The first-order valence-corrected chi connectivity index (χ1v) is 8.35. The van der Waals surface area contributed by atoms with Gasteiger partial charge in [-0.2, -0.15) is 0 Å². The van der Waals surface area contributed by atoms with E-state index in [1.165, 1.54) is 13.8 Å². The highest BCUT2D eigenvalue weighted by Crippen LogP contribution is 2.40. The molecular formula is C18H24O6. The Morgan fingerprint density at radius 1 is 1.21 bits per heavy atom. The molecule has 1 aliphatic heterocycles. The van der Waals surface area contributed by atoms with Gasteiger partial charge in [0, 0.05) is 25.0 Å². The Labute approximate surface area is 141 Å². The van der Waals surface area contributed by atoms with E-state index in [0.29, 0.717) is 11.1 Å². The molecule has 1 aliphatic carbocycles. The predicted octanol–water partition coefficient (Wildman–Crippen LogP) is 2.26. The molecule has 6 heteroatoms. The molecular weight excluding hydrogens is 312 g/mol. The summed E-state index contributed by atoms with van der Waals surface area (Å²) in [6.45, 7) is 4.61. The Morgan fingerprint density at radius 2 is 1.96 bits per heavy atom. The van der Waals surface area contributed by atoms with Gasteiger partial charge in [0.15, 0.2) is 18.0 Å². The molecule has 3 atom stereocenters. The molecule has 132 valence electrons. The SMILES string of the molecule is CCCCC/C=C\C1=C(COC(C)=O)C(=O)[C@H]2O[C@H]2[C@@H]1OC(C)=O. The first-order valence-electron chi connectivity index (χ1n) is 8.35. The van der Waals surface area contributed by atoms with Gasteiger partial charge in [-0.05, 0) is 12.8 Å². The van der Waals surface area contributed by atoms with E-state index >= 15 is 0 Å². The normalized spacial score (nSPS) is 25.6. The fraction of sp³-hybridized carbons (Fsp3) is 0.611. The highest BCUT2D eigenvalue weighted by molar-refractivity contribution is 6.04. The molecule has 1 saturated heterocycles. The molecule has 0 aromatic heterocycles. The molecule has 2 aliphatic rings. The molecule has 0 N–H and O–H groups in total. The monoisotopic (exact) mass is 336 g/mol. The van der Waals surface area contributed by atoms with Crippen molar-refractivity contribution in [3.63, 3.8) is 0 Å². The van der Waals surface area contributed by atoms with Gasteiger partial charge in [-0.25, -0.2) is 0 Å². The number of rotatable bonds is 8. The number of epoxide rings is 1. The summed E-state index contributed by atoms with van der Waals surface area (Å²) in [5, 5.41) is 0. The topological polar surface area (TPSA) is 82.2 Å². The Bertz CT molecular complexity index is 574. The second kappa shape index (κ2) is 8.24. The number of ether oxygens (including phenoxy) is 3. The van der Waals surface area contributed by atoms with Gasteiger partial charge in [-0.3, -0.25) is 14.4 Å². The highest BCUT2D eigenvalue weighted by atomic mass is 16.6. The molecule has 2 rings (SSSR count). The van der Waals surface area contributed by atoms with Crippen molar-refractivity contribution < 1.29 is 28.6 Å². The summed E-state index contributed by atoms with van der Waals surface area (Å²) in [7, 11) is 0. The van der Waals surface area contributed by atoms with Gasteiger partial charge in [0.25, 0.3) is 0 Å². The Morgan fingerprint density at radius 3 is 2.58 bits per heavy atom. The zero-order valence-electron chi connectivity index (χ0n) is 14.4. The Hall–Kier alpha value is -1.95. The summed E-state index contributed by atoms with van der Waals surface area (Å²) in [6, 6.07) is 0. The largest absolute Gasteiger partial charge is 0.461 e. The van der Waals surface area contributed by atoms with Crippen molar-refractivity contribution in [3.8, 4) is 0 Å². The zero-order valence-corrected chi connectivity index (χ0v) is 14.4. The summed E-state index contributed by atoms with van der Waals surface area (Å²) >= 11 is 0. The standard InChI is InChI=1S/C18H24O6/c1-4-5-6-7-8-9-13-14(10-22-11(2)19)15(21)17-18(24-17)16(13)23-12(3)20/h8-9,16-18H,4-7,10H2,1-3H3/b9-8-/t16-,17-,18+/m1/s1. The van der Waals surface area contributed by atoms with Crippen LogP contribution in [0.25, 0.3) is 0 Å². The predicted molar refractivity (Wildman–Crippen MR) is 86.2 cm³/mol. The van der Waals surface area contributed by atoms with Crippen molar-refractivity contribution in [2.75, 3.05) is 6.61 Å². The van der Waals surface area contributed by atoms with Crippen LogP contribution in [-0.2, 0) is 28.6 Å². The number of fused-ring (bicyclic) bond motifs is 1. The minimum Gasteiger partial charge on any atom is -0.461 e. The zero-order chi connectivity index (χ0) is 17.7. The van der Waals surface area contributed by atoms with E-state index in [1.807, 2.05) is 6.08 Å². The summed E-state index contributed by atoms with van der Waals surface area (Å²) in [6.07, 6.45) is 6.28. The summed E-state index contributed by atoms with van der Waals surface area (Å²) < 4.78 is 15.7. The van der Waals surface area contributed by atoms with Crippen LogP contribution in [0, 0.1) is 0 Å². The van der Waals surface area contributed by atoms with Gasteiger partial charge in [0.2, 0.25) is 0 Å². The molecule has 0 radical (unpaired) electrons. The van der Waals surface area contributed by atoms with Crippen molar-refractivity contribution in [2.45, 2.75) is 64.8 Å². The molecule has 1 fully saturated rings. The number of ketones is 1. The molecule has 0 saturated carbocycles. The Kier molecular flexibility index (Phi) is 6.31. The van der Waals surface area contributed by atoms with Crippen LogP contribution in [0.3, 0.4) is 0 Å². The average Bonchev–Trinajstić information content (AvgIpc) is 3.30. The van der Waals surface area contributed by atoms with Crippen LogP contribution in [0.15, 0.2) is 23.3 Å². The first kappa shape index (κ1) is 18.4. The van der Waals surface area contributed by atoms with E-state index in [9.17, 15) is 14.4 Å². The Balaban J connectivity index is 2.23. The van der Waals surface area contributed by atoms with Crippen molar-refractivity contribution in [1.29, 1.82) is 0 Å². The van der Waals surface area contributed by atoms with Gasteiger partial charge in [0.05, 0.1) is 0 Å². The van der Waals surface area contributed by atoms with Gasteiger partial charge >= 0.3 is 11.9 Å². The number of hydrogen-bond donors (Lipinski definition) is 0. The van der Waals surface area contributed by atoms with E-state index in [2.05, 4.69) is 6.92 Å². The van der Waals surface area contributed by atoms with Crippen LogP contribution in [0.2, 0.25) is 0 Å². The van der Waals surface area contributed by atoms with Crippen LogP contribution in [-0.4, -0.2) is 42.6 Å². The van der Waals surface area contributed by atoms with E-state index < -0.39 is 30.3 Å². The minimum atomic E-state index is -0.627. The van der Waals surface area contributed by atoms with Gasteiger partial charge in [-0.15, -0.1) is 0 Å². The van der Waals surface area contributed by atoms with Gasteiger partial charge in [0.1, 0.15) is 12.7 Å². The maximum Gasteiger partial charge on any atom is 0.303 e. The number of allylic oxidation sites excluding steroid dienone is 1. The third kappa shape index (κ3) is 4.54. The minimum absolute atomic E-state index is 0.132. The third-order valence-corrected chi connectivity index (χ3v) is 4.02. The number of unbranched alkanes of at least 4 members (excludes halogenated alkanes) is 3.